The number of hydrogen-bond acceptors (Lipinski definition) is 4. The topological polar surface area (TPSA) is 75.7 Å². The first-order valence-electron chi connectivity index (χ1n) is 5.92. The summed E-state index contributed by atoms with van der Waals surface area (Å²) in [4.78, 5) is 36.8. The number of nitrogens with one attached hydrogen (secondary N) is 1. The molecule has 0 atom stereocenters. The van der Waals surface area contributed by atoms with Crippen LogP contribution in [-0.2, 0) is 9.59 Å². The summed E-state index contributed by atoms with van der Waals surface area (Å²) >= 11 is 0. The van der Waals surface area contributed by atoms with E-state index >= 15 is 0 Å². The number of barbiturate groups is 1. The fourth-order valence-electron chi connectivity index (χ4n) is 2.21. The number of methoxy groups -OCH3 is 1. The molecule has 1 heterocycles. The standard InChI is InChI=1S/C13H12N2O4/c1-19-9-4-2-8(3-5-9)15-11(17)13(6-7-13)10(16)14-12(15)18/h2-5H,6-7H2,1H3,(H,14,16,18). The normalized spacial score (nSPS) is 20.5. The first-order chi connectivity index (χ1) is 9.08. The number of nitrogens with zero attached hydrogens (tertiary/aromatic N) is 1. The van der Waals surface area contributed by atoms with Crippen LogP contribution in [0.15, 0.2) is 24.3 Å². The second kappa shape index (κ2) is 3.81. The van der Waals surface area contributed by atoms with Crippen molar-refractivity contribution in [1.29, 1.82) is 0 Å². The minimum atomic E-state index is -1.02. The van der Waals surface area contributed by atoms with E-state index < -0.39 is 23.3 Å². The van der Waals surface area contributed by atoms with Crippen LogP contribution in [0.1, 0.15) is 12.8 Å². The highest BCUT2D eigenvalue weighted by Gasteiger charge is 2.62. The number of hydrogen-bond donors (Lipinski definition) is 1. The molecule has 1 aliphatic heterocycles. The van der Waals surface area contributed by atoms with Crippen LogP contribution >= 0.6 is 0 Å². The molecular formula is C13H12N2O4. The molecule has 0 aromatic heterocycles. The van der Waals surface area contributed by atoms with E-state index in [0.717, 1.165) is 4.90 Å². The van der Waals surface area contributed by atoms with Gasteiger partial charge in [-0.1, -0.05) is 0 Å². The smallest absolute Gasteiger partial charge is 0.335 e. The summed E-state index contributed by atoms with van der Waals surface area (Å²) in [6.07, 6.45) is 0.995. The predicted molar refractivity (Wildman–Crippen MR) is 65.7 cm³/mol. The minimum Gasteiger partial charge on any atom is -0.497 e. The maximum Gasteiger partial charge on any atom is 0.335 e. The number of carbonyl (C=O) groups excluding carboxylic acids is 3. The average molecular weight is 260 g/mol. The van der Waals surface area contributed by atoms with Gasteiger partial charge in [0.1, 0.15) is 11.2 Å². The van der Waals surface area contributed by atoms with Gasteiger partial charge in [0.25, 0.3) is 5.91 Å². The van der Waals surface area contributed by atoms with E-state index in [9.17, 15) is 14.4 Å². The Morgan fingerprint density at radius 1 is 1.16 bits per heavy atom. The summed E-state index contributed by atoms with van der Waals surface area (Å²) in [5.74, 6) is -0.287. The van der Waals surface area contributed by atoms with Gasteiger partial charge in [0, 0.05) is 0 Å². The lowest BCUT2D eigenvalue weighted by molar-refractivity contribution is -0.136. The van der Waals surface area contributed by atoms with Crippen LogP contribution in [0.4, 0.5) is 10.5 Å². The Kier molecular flexibility index (Phi) is 2.35. The second-order valence-corrected chi connectivity index (χ2v) is 4.68. The maximum atomic E-state index is 12.3. The van der Waals surface area contributed by atoms with Crippen LogP contribution in [0, 0.1) is 5.41 Å². The van der Waals surface area contributed by atoms with Gasteiger partial charge in [-0.25, -0.2) is 9.69 Å². The molecule has 19 heavy (non-hydrogen) atoms. The molecule has 6 heteroatoms. The summed E-state index contributed by atoms with van der Waals surface area (Å²) in [5.41, 5.74) is -0.588. The molecule has 1 aromatic carbocycles. The van der Waals surface area contributed by atoms with E-state index in [2.05, 4.69) is 5.32 Å². The lowest BCUT2D eigenvalue weighted by atomic mass is 10.0. The van der Waals surface area contributed by atoms with E-state index in [0.29, 0.717) is 24.3 Å². The number of imide groups is 2. The average Bonchev–Trinajstić information content (AvgIpc) is 3.19. The monoisotopic (exact) mass is 260 g/mol. The number of urea groups is 1. The van der Waals surface area contributed by atoms with Crippen molar-refractivity contribution in [2.75, 3.05) is 12.0 Å². The number of rotatable bonds is 2. The van der Waals surface area contributed by atoms with Gasteiger partial charge < -0.3 is 4.74 Å². The fourth-order valence-corrected chi connectivity index (χ4v) is 2.21. The highest BCUT2D eigenvalue weighted by atomic mass is 16.5. The van der Waals surface area contributed by atoms with Gasteiger partial charge in [-0.2, -0.15) is 0 Å². The molecule has 6 nitrogen and oxygen atoms in total. The van der Waals surface area contributed by atoms with E-state index in [1.165, 1.54) is 7.11 Å². The number of amides is 4. The molecule has 2 fully saturated rings. The molecule has 2 aliphatic rings. The van der Waals surface area contributed by atoms with Crippen molar-refractivity contribution < 1.29 is 19.1 Å². The van der Waals surface area contributed by atoms with E-state index in [4.69, 9.17) is 4.74 Å². The Balaban J connectivity index is 1.96. The summed E-state index contributed by atoms with van der Waals surface area (Å²) in [6.45, 7) is 0. The number of carbonyl (C=O) groups is 3. The zero-order valence-electron chi connectivity index (χ0n) is 10.3. The van der Waals surface area contributed by atoms with Crippen molar-refractivity contribution in [2.45, 2.75) is 12.8 Å². The van der Waals surface area contributed by atoms with E-state index in [-0.39, 0.29) is 0 Å². The maximum absolute atomic E-state index is 12.3. The Labute approximate surface area is 109 Å². The third-order valence-electron chi connectivity index (χ3n) is 3.55. The molecule has 4 amide bonds. The van der Waals surface area contributed by atoms with Crippen molar-refractivity contribution in [1.82, 2.24) is 5.32 Å². The van der Waals surface area contributed by atoms with Crippen molar-refractivity contribution in [3.8, 4) is 5.75 Å². The van der Waals surface area contributed by atoms with Gasteiger partial charge in [0.05, 0.1) is 12.8 Å². The lowest BCUT2D eigenvalue weighted by Crippen LogP contribution is -2.59. The molecule has 1 saturated heterocycles. The SMILES string of the molecule is COc1ccc(N2C(=O)NC(=O)C3(CC3)C2=O)cc1. The first kappa shape index (κ1) is 11.7. The Morgan fingerprint density at radius 2 is 1.79 bits per heavy atom. The quantitative estimate of drug-likeness (QED) is 0.807. The largest absolute Gasteiger partial charge is 0.497 e. The Bertz CT molecular complexity index is 575. The predicted octanol–water partition coefficient (Wildman–Crippen LogP) is 1.06. The molecule has 1 aromatic rings. The Morgan fingerprint density at radius 3 is 2.32 bits per heavy atom. The number of anilines is 1. The summed E-state index contributed by atoms with van der Waals surface area (Å²) in [7, 11) is 1.53. The van der Waals surface area contributed by atoms with Crippen LogP contribution in [0.2, 0.25) is 0 Å². The van der Waals surface area contributed by atoms with Gasteiger partial charge in [-0.15, -0.1) is 0 Å². The molecule has 0 radical (unpaired) electrons. The van der Waals surface area contributed by atoms with Gasteiger partial charge in [0.2, 0.25) is 5.91 Å². The van der Waals surface area contributed by atoms with Crippen LogP contribution < -0.4 is 15.0 Å². The molecule has 1 spiro atoms. The summed E-state index contributed by atoms with van der Waals surface area (Å²) < 4.78 is 5.02. The fraction of sp³-hybridized carbons (Fsp3) is 0.308. The molecule has 98 valence electrons. The molecular weight excluding hydrogens is 248 g/mol. The van der Waals surface area contributed by atoms with Gasteiger partial charge >= 0.3 is 6.03 Å². The van der Waals surface area contributed by atoms with Crippen molar-refractivity contribution >= 4 is 23.5 Å². The van der Waals surface area contributed by atoms with Crippen molar-refractivity contribution in [3.05, 3.63) is 24.3 Å². The molecule has 1 N–H and O–H groups in total. The summed E-state index contributed by atoms with van der Waals surface area (Å²) in [5, 5.41) is 2.24. The van der Waals surface area contributed by atoms with Crippen molar-refractivity contribution in [2.24, 2.45) is 5.41 Å². The molecule has 0 unspecified atom stereocenters. The second-order valence-electron chi connectivity index (χ2n) is 4.68. The minimum absolute atomic E-state index is 0.432. The van der Waals surface area contributed by atoms with Gasteiger partial charge in [-0.3, -0.25) is 14.9 Å². The Hall–Kier alpha value is -2.37. The van der Waals surface area contributed by atoms with Crippen LogP contribution in [0.3, 0.4) is 0 Å². The first-order valence-corrected chi connectivity index (χ1v) is 5.92. The highest BCUT2D eigenvalue weighted by Crippen LogP contribution is 2.49. The zero-order chi connectivity index (χ0) is 13.6. The molecule has 0 bridgehead atoms. The molecule has 1 aliphatic carbocycles. The van der Waals surface area contributed by atoms with Gasteiger partial charge in [-0.05, 0) is 37.1 Å². The van der Waals surface area contributed by atoms with Crippen LogP contribution in [-0.4, -0.2) is 25.0 Å². The summed E-state index contributed by atoms with van der Waals surface area (Å²) in [6, 6.07) is 5.85. The van der Waals surface area contributed by atoms with E-state index in [1.807, 2.05) is 0 Å². The molecule has 1 saturated carbocycles. The lowest BCUT2D eigenvalue weighted by Gasteiger charge is -2.30. The number of benzene rings is 1. The third kappa shape index (κ3) is 1.60. The van der Waals surface area contributed by atoms with Crippen LogP contribution in [0.5, 0.6) is 5.75 Å². The highest BCUT2D eigenvalue weighted by molar-refractivity contribution is 6.31. The third-order valence-corrected chi connectivity index (χ3v) is 3.55. The number of ether oxygens (including phenoxy) is 1. The van der Waals surface area contributed by atoms with Crippen LogP contribution in [0.25, 0.3) is 0 Å². The van der Waals surface area contributed by atoms with Crippen molar-refractivity contribution in [3.63, 3.8) is 0 Å². The van der Waals surface area contributed by atoms with E-state index in [1.54, 1.807) is 24.3 Å². The molecule has 3 rings (SSSR count). The zero-order valence-corrected chi connectivity index (χ0v) is 10.3. The van der Waals surface area contributed by atoms with Gasteiger partial charge in [0.15, 0.2) is 0 Å².